The van der Waals surface area contributed by atoms with Crippen molar-refractivity contribution in [3.05, 3.63) is 0 Å². The third kappa shape index (κ3) is 1.52. The molecule has 1 rings (SSSR count). The molecule has 1 aliphatic rings. The third-order valence-electron chi connectivity index (χ3n) is 1.59. The average molecular weight is 167 g/mol. The van der Waals surface area contributed by atoms with Gasteiger partial charge in [-0.1, -0.05) is 0 Å². The van der Waals surface area contributed by atoms with Gasteiger partial charge in [-0.25, -0.2) is 0 Å². The second-order valence-corrected chi connectivity index (χ2v) is 2.42. The summed E-state index contributed by atoms with van der Waals surface area (Å²) in [5.74, 6) is 0. The molecule has 0 spiro atoms. The van der Waals surface area contributed by atoms with Gasteiger partial charge < -0.3 is 25.2 Å². The maximum absolute atomic E-state index is 9.26. The predicted molar refractivity (Wildman–Crippen MR) is 34.6 cm³/mol. The fourth-order valence-electron chi connectivity index (χ4n) is 0.861. The predicted octanol–water partition coefficient (Wildman–Crippen LogP) is -2.19. The summed E-state index contributed by atoms with van der Waals surface area (Å²) < 4.78 is 25.3. The minimum Gasteiger partial charge on any atom is -0.388 e. The zero-order valence-corrected chi connectivity index (χ0v) is 5.58. The summed E-state index contributed by atoms with van der Waals surface area (Å²) in [6.45, 7) is -2.67. The van der Waals surface area contributed by atoms with Crippen LogP contribution in [0, 0.1) is 0 Å². The number of ether oxygens (including phenoxy) is 1. The lowest BCUT2D eigenvalue weighted by molar-refractivity contribution is -0.277. The summed E-state index contributed by atoms with van der Waals surface area (Å²) in [7, 11) is 0. The third-order valence-corrected chi connectivity index (χ3v) is 1.59. The second kappa shape index (κ2) is 3.04. The molecule has 0 radical (unpaired) electrons. The Balaban J connectivity index is 2.81. The molecule has 0 unspecified atom stereocenters. The molecule has 0 aromatic carbocycles. The highest BCUT2D eigenvalue weighted by atomic mass is 16.6. The molecular formula is C6H12O5. The Labute approximate surface area is 68.1 Å². The molecule has 11 heavy (non-hydrogen) atoms. The Morgan fingerprint density at radius 1 is 1.09 bits per heavy atom. The molecule has 5 heteroatoms. The van der Waals surface area contributed by atoms with Gasteiger partial charge in [-0.15, -0.1) is 0 Å². The van der Waals surface area contributed by atoms with E-state index in [-0.39, 0.29) is 0 Å². The molecule has 0 saturated carbocycles. The fraction of sp³-hybridized carbons (Fsp3) is 1.00. The van der Waals surface area contributed by atoms with Crippen LogP contribution < -0.4 is 0 Å². The molecule has 5 atom stereocenters. The lowest BCUT2D eigenvalue weighted by atomic mass is 10.0. The quantitative estimate of drug-likeness (QED) is 0.329. The fourth-order valence-corrected chi connectivity index (χ4v) is 0.861. The molecule has 1 saturated heterocycles. The molecule has 0 aromatic heterocycles. The van der Waals surface area contributed by atoms with E-state index in [1.54, 1.807) is 0 Å². The Morgan fingerprint density at radius 3 is 2.27 bits per heavy atom. The van der Waals surface area contributed by atoms with Crippen molar-refractivity contribution in [1.29, 1.82) is 0 Å². The van der Waals surface area contributed by atoms with Crippen molar-refractivity contribution in [2.24, 2.45) is 0 Å². The molecule has 5 nitrogen and oxygen atoms in total. The number of hydrogen-bond acceptors (Lipinski definition) is 5. The molecule has 0 amide bonds. The second-order valence-electron chi connectivity index (χ2n) is 2.42. The Morgan fingerprint density at radius 2 is 1.73 bits per heavy atom. The van der Waals surface area contributed by atoms with Crippen molar-refractivity contribution >= 4 is 0 Å². The molecule has 66 valence electrons. The molecule has 4 N–H and O–H groups in total. The number of aliphatic hydroxyl groups excluding tert-OH is 4. The summed E-state index contributed by atoms with van der Waals surface area (Å²) >= 11 is 0. The zero-order valence-electron chi connectivity index (χ0n) is 8.58. The van der Waals surface area contributed by atoms with Crippen LogP contribution in [0.15, 0.2) is 0 Å². The molecule has 1 heterocycles. The lowest BCUT2D eigenvalue weighted by Crippen LogP contribution is -2.56. The summed E-state index contributed by atoms with van der Waals surface area (Å²) in [6.07, 6.45) is -8.69. The standard InChI is InChI=1S/C6H12O5/c1-2-3(7)4(8)5(9)6(10)11-2/h2-10H,1H3/t2-,3-,4+,5+,6+/m0/s1/i1D3. The first-order valence-corrected chi connectivity index (χ1v) is 3.13. The minimum atomic E-state index is -2.67. The van der Waals surface area contributed by atoms with Crippen LogP contribution in [-0.2, 0) is 4.74 Å². The van der Waals surface area contributed by atoms with Gasteiger partial charge in [0.2, 0.25) is 0 Å². The molecule has 0 aromatic rings. The van der Waals surface area contributed by atoms with Crippen LogP contribution in [0.25, 0.3) is 0 Å². The van der Waals surface area contributed by atoms with E-state index in [1.807, 2.05) is 0 Å². The van der Waals surface area contributed by atoms with Crippen LogP contribution >= 0.6 is 0 Å². The van der Waals surface area contributed by atoms with Gasteiger partial charge in [0.1, 0.15) is 18.3 Å². The Hall–Kier alpha value is -0.200. The summed E-state index contributed by atoms with van der Waals surface area (Å²) in [6, 6.07) is 0. The first-order chi connectivity index (χ1) is 6.25. The minimum absolute atomic E-state index is 1.70. The largest absolute Gasteiger partial charge is 0.388 e. The average Bonchev–Trinajstić information content (AvgIpc) is 2.06. The molecule has 1 fully saturated rings. The van der Waals surface area contributed by atoms with E-state index in [2.05, 4.69) is 4.74 Å². The van der Waals surface area contributed by atoms with E-state index < -0.39 is 37.6 Å². The van der Waals surface area contributed by atoms with Gasteiger partial charge in [0.05, 0.1) is 6.10 Å². The molecule has 1 aliphatic heterocycles. The van der Waals surface area contributed by atoms with Crippen molar-refractivity contribution in [3.63, 3.8) is 0 Å². The number of aliphatic hydroxyl groups is 4. The maximum Gasteiger partial charge on any atom is 0.183 e. The van der Waals surface area contributed by atoms with Crippen LogP contribution in [0.5, 0.6) is 0 Å². The van der Waals surface area contributed by atoms with E-state index in [0.717, 1.165) is 0 Å². The van der Waals surface area contributed by atoms with Crippen molar-refractivity contribution in [2.45, 2.75) is 37.6 Å². The monoisotopic (exact) mass is 167 g/mol. The van der Waals surface area contributed by atoms with E-state index in [4.69, 9.17) is 19.4 Å². The van der Waals surface area contributed by atoms with Crippen molar-refractivity contribution in [1.82, 2.24) is 0 Å². The summed E-state index contributed by atoms with van der Waals surface area (Å²) in [4.78, 5) is 0. The Kier molecular flexibility index (Phi) is 1.51. The highest BCUT2D eigenvalue weighted by molar-refractivity contribution is 4.86. The normalized spacial score (nSPS) is 57.8. The summed E-state index contributed by atoms with van der Waals surface area (Å²) in [5, 5.41) is 36.5. The van der Waals surface area contributed by atoms with Crippen LogP contribution in [-0.4, -0.2) is 51.1 Å². The SMILES string of the molecule is [2H]C([2H])([2H])[C@@H]1O[C@@H](O)[C@H](O)[C@H](O)[C@H]1O. The van der Waals surface area contributed by atoms with Crippen LogP contribution in [0.4, 0.5) is 0 Å². The van der Waals surface area contributed by atoms with Crippen molar-refractivity contribution in [2.75, 3.05) is 0 Å². The highest BCUT2D eigenvalue weighted by Crippen LogP contribution is 2.18. The first kappa shape index (κ1) is 5.45. The molecule has 0 bridgehead atoms. The Bertz CT molecular complexity index is 208. The van der Waals surface area contributed by atoms with Gasteiger partial charge in [-0.05, 0) is 6.85 Å². The van der Waals surface area contributed by atoms with Crippen molar-refractivity contribution in [3.8, 4) is 0 Å². The number of rotatable bonds is 0. The van der Waals surface area contributed by atoms with Gasteiger partial charge in [0, 0.05) is 4.11 Å². The zero-order chi connectivity index (χ0) is 11.1. The summed E-state index contributed by atoms with van der Waals surface area (Å²) in [5.41, 5.74) is 0. The first-order valence-electron chi connectivity index (χ1n) is 4.63. The van der Waals surface area contributed by atoms with Crippen LogP contribution in [0.2, 0.25) is 0 Å². The topological polar surface area (TPSA) is 90.2 Å². The van der Waals surface area contributed by atoms with E-state index in [1.165, 1.54) is 0 Å². The smallest absolute Gasteiger partial charge is 0.183 e. The molecule has 0 aliphatic carbocycles. The van der Waals surface area contributed by atoms with Gasteiger partial charge in [0.15, 0.2) is 6.29 Å². The van der Waals surface area contributed by atoms with Crippen LogP contribution in [0.1, 0.15) is 11.0 Å². The van der Waals surface area contributed by atoms with Gasteiger partial charge in [0.25, 0.3) is 0 Å². The van der Waals surface area contributed by atoms with Gasteiger partial charge in [-0.3, -0.25) is 0 Å². The maximum atomic E-state index is 9.26. The molecular weight excluding hydrogens is 152 g/mol. The van der Waals surface area contributed by atoms with E-state index in [0.29, 0.717) is 0 Å². The highest BCUT2D eigenvalue weighted by Gasteiger charge is 2.40. The van der Waals surface area contributed by atoms with Crippen LogP contribution in [0.3, 0.4) is 0 Å². The van der Waals surface area contributed by atoms with E-state index in [9.17, 15) is 5.11 Å². The van der Waals surface area contributed by atoms with Gasteiger partial charge >= 0.3 is 0 Å². The lowest BCUT2D eigenvalue weighted by Gasteiger charge is -2.36. The van der Waals surface area contributed by atoms with Crippen molar-refractivity contribution < 1.29 is 29.3 Å². The van der Waals surface area contributed by atoms with E-state index >= 15 is 0 Å². The number of hydrogen-bond donors (Lipinski definition) is 4. The van der Waals surface area contributed by atoms with Gasteiger partial charge in [-0.2, -0.15) is 0 Å².